The van der Waals surface area contributed by atoms with Crippen LogP contribution in [-0.4, -0.2) is 21.3 Å². The Bertz CT molecular complexity index is 461. The van der Waals surface area contributed by atoms with E-state index in [1.807, 2.05) is 36.9 Å². The number of hydrogen-bond donors (Lipinski definition) is 1. The summed E-state index contributed by atoms with van der Waals surface area (Å²) in [5.74, 6) is 0.118. The Hall–Kier alpha value is -1.68. The fraction of sp³-hybridized carbons (Fsp3) is 0.333. The molecule has 2 rings (SSSR count). The molecule has 1 unspecified atom stereocenters. The molecule has 0 aliphatic carbocycles. The van der Waals surface area contributed by atoms with Gasteiger partial charge in [0.15, 0.2) is 0 Å². The van der Waals surface area contributed by atoms with Crippen LogP contribution < -0.4 is 5.73 Å². The molecule has 0 aliphatic heterocycles. The van der Waals surface area contributed by atoms with E-state index < -0.39 is 0 Å². The molecule has 0 bridgehead atoms. The van der Waals surface area contributed by atoms with E-state index in [1.54, 1.807) is 6.20 Å². The number of pyridine rings is 1. The Labute approximate surface area is 95.1 Å². The minimum Gasteiger partial charge on any atom is -0.329 e. The van der Waals surface area contributed by atoms with Crippen molar-refractivity contribution in [2.75, 3.05) is 6.54 Å². The van der Waals surface area contributed by atoms with Gasteiger partial charge in [0.2, 0.25) is 0 Å². The zero-order valence-corrected chi connectivity index (χ0v) is 9.59. The first kappa shape index (κ1) is 10.8. The molecule has 0 aliphatic rings. The van der Waals surface area contributed by atoms with Gasteiger partial charge in [-0.25, -0.2) is 0 Å². The summed E-state index contributed by atoms with van der Waals surface area (Å²) in [7, 11) is 1.94. The highest BCUT2D eigenvalue weighted by Gasteiger charge is 2.17. The fourth-order valence-electron chi connectivity index (χ4n) is 1.93. The molecule has 2 heterocycles. The van der Waals surface area contributed by atoms with E-state index >= 15 is 0 Å². The summed E-state index contributed by atoms with van der Waals surface area (Å²) in [6.07, 6.45) is 1.79. The van der Waals surface area contributed by atoms with Crippen LogP contribution in [-0.2, 0) is 7.05 Å². The van der Waals surface area contributed by atoms with Gasteiger partial charge in [-0.2, -0.15) is 5.10 Å². The van der Waals surface area contributed by atoms with Crippen LogP contribution in [0, 0.1) is 6.92 Å². The Morgan fingerprint density at radius 1 is 1.44 bits per heavy atom. The van der Waals surface area contributed by atoms with Gasteiger partial charge in [-0.1, -0.05) is 6.07 Å². The van der Waals surface area contributed by atoms with Gasteiger partial charge < -0.3 is 5.73 Å². The van der Waals surface area contributed by atoms with E-state index in [0.29, 0.717) is 6.54 Å². The maximum atomic E-state index is 5.83. The lowest BCUT2D eigenvalue weighted by molar-refractivity contribution is 0.651. The largest absolute Gasteiger partial charge is 0.329 e. The summed E-state index contributed by atoms with van der Waals surface area (Å²) in [5, 5.41) is 4.34. The average molecular weight is 216 g/mol. The molecular weight excluding hydrogens is 200 g/mol. The summed E-state index contributed by atoms with van der Waals surface area (Å²) in [6.45, 7) is 2.52. The SMILES string of the molecule is Cc1cc(C(CN)c2ccccn2)n(C)n1. The molecule has 4 nitrogen and oxygen atoms in total. The van der Waals surface area contributed by atoms with Crippen molar-refractivity contribution < 1.29 is 0 Å². The van der Waals surface area contributed by atoms with Gasteiger partial charge in [0.05, 0.1) is 17.3 Å². The van der Waals surface area contributed by atoms with Gasteiger partial charge >= 0.3 is 0 Å². The van der Waals surface area contributed by atoms with Gasteiger partial charge in [0, 0.05) is 25.5 Å². The second-order valence-electron chi connectivity index (χ2n) is 3.88. The van der Waals surface area contributed by atoms with Crippen molar-refractivity contribution in [3.05, 3.63) is 47.5 Å². The van der Waals surface area contributed by atoms with Crippen LogP contribution in [0.15, 0.2) is 30.5 Å². The Balaban J connectivity index is 2.40. The highest BCUT2D eigenvalue weighted by atomic mass is 15.3. The molecule has 16 heavy (non-hydrogen) atoms. The first-order valence-corrected chi connectivity index (χ1v) is 5.34. The first-order valence-electron chi connectivity index (χ1n) is 5.34. The molecule has 0 fully saturated rings. The van der Waals surface area contributed by atoms with Crippen molar-refractivity contribution >= 4 is 0 Å². The predicted molar refractivity (Wildman–Crippen MR) is 63.1 cm³/mol. The maximum absolute atomic E-state index is 5.83. The third-order valence-electron chi connectivity index (χ3n) is 2.68. The Kier molecular flexibility index (Phi) is 3.01. The predicted octanol–water partition coefficient (Wildman–Crippen LogP) is 1.21. The summed E-state index contributed by atoms with van der Waals surface area (Å²) in [4.78, 5) is 4.36. The van der Waals surface area contributed by atoms with E-state index in [4.69, 9.17) is 5.73 Å². The second kappa shape index (κ2) is 4.45. The van der Waals surface area contributed by atoms with Crippen LogP contribution in [0.2, 0.25) is 0 Å². The molecule has 0 saturated carbocycles. The van der Waals surface area contributed by atoms with Gasteiger partial charge in [0.1, 0.15) is 0 Å². The molecule has 0 saturated heterocycles. The van der Waals surface area contributed by atoms with Gasteiger partial charge in [0.25, 0.3) is 0 Å². The lowest BCUT2D eigenvalue weighted by Crippen LogP contribution is -2.18. The molecule has 1 atom stereocenters. The number of nitrogens with two attached hydrogens (primary N) is 1. The number of hydrogen-bond acceptors (Lipinski definition) is 3. The highest BCUT2D eigenvalue weighted by molar-refractivity contribution is 5.25. The lowest BCUT2D eigenvalue weighted by Gasteiger charge is -2.14. The summed E-state index contributed by atoms with van der Waals surface area (Å²) >= 11 is 0. The van der Waals surface area contributed by atoms with Crippen LogP contribution in [0.25, 0.3) is 0 Å². The molecular formula is C12H16N4. The van der Waals surface area contributed by atoms with Crippen LogP contribution in [0.1, 0.15) is 23.0 Å². The van der Waals surface area contributed by atoms with Crippen molar-refractivity contribution in [1.29, 1.82) is 0 Å². The third-order valence-corrected chi connectivity index (χ3v) is 2.68. The van der Waals surface area contributed by atoms with E-state index in [9.17, 15) is 0 Å². The van der Waals surface area contributed by atoms with Crippen molar-refractivity contribution in [2.24, 2.45) is 12.8 Å². The summed E-state index contributed by atoms with van der Waals surface area (Å²) in [5.41, 5.74) is 8.94. The van der Waals surface area contributed by atoms with E-state index in [-0.39, 0.29) is 5.92 Å². The van der Waals surface area contributed by atoms with Crippen molar-refractivity contribution in [2.45, 2.75) is 12.8 Å². The smallest absolute Gasteiger partial charge is 0.0596 e. The number of aromatic nitrogens is 3. The molecule has 2 N–H and O–H groups in total. The highest BCUT2D eigenvalue weighted by Crippen LogP contribution is 2.21. The topological polar surface area (TPSA) is 56.7 Å². The van der Waals surface area contributed by atoms with Crippen molar-refractivity contribution in [1.82, 2.24) is 14.8 Å². The van der Waals surface area contributed by atoms with Gasteiger partial charge in [-0.3, -0.25) is 9.67 Å². The Morgan fingerprint density at radius 3 is 2.75 bits per heavy atom. The Morgan fingerprint density at radius 2 is 2.25 bits per heavy atom. The standard InChI is InChI=1S/C12H16N4/c1-9-7-12(16(2)15-9)10(8-13)11-5-3-4-6-14-11/h3-7,10H,8,13H2,1-2H3. The first-order chi connectivity index (χ1) is 7.72. The minimum atomic E-state index is 0.118. The number of aryl methyl sites for hydroxylation is 2. The van der Waals surface area contributed by atoms with Crippen LogP contribution in [0.3, 0.4) is 0 Å². The molecule has 84 valence electrons. The summed E-state index contributed by atoms with van der Waals surface area (Å²) in [6, 6.07) is 7.95. The monoisotopic (exact) mass is 216 g/mol. The van der Waals surface area contributed by atoms with Crippen LogP contribution in [0.4, 0.5) is 0 Å². The van der Waals surface area contributed by atoms with Crippen molar-refractivity contribution in [3.8, 4) is 0 Å². The zero-order valence-electron chi connectivity index (χ0n) is 9.59. The van der Waals surface area contributed by atoms with E-state index in [2.05, 4.69) is 16.1 Å². The lowest BCUT2D eigenvalue weighted by atomic mass is 10.0. The number of rotatable bonds is 3. The molecule has 0 radical (unpaired) electrons. The van der Waals surface area contributed by atoms with Crippen LogP contribution in [0.5, 0.6) is 0 Å². The number of nitrogens with zero attached hydrogens (tertiary/aromatic N) is 3. The molecule has 4 heteroatoms. The van der Waals surface area contributed by atoms with Crippen molar-refractivity contribution in [3.63, 3.8) is 0 Å². The molecule has 0 amide bonds. The molecule has 2 aromatic heterocycles. The maximum Gasteiger partial charge on any atom is 0.0596 e. The third kappa shape index (κ3) is 1.97. The summed E-state index contributed by atoms with van der Waals surface area (Å²) < 4.78 is 1.88. The van der Waals surface area contributed by atoms with Gasteiger partial charge in [-0.05, 0) is 25.1 Å². The van der Waals surface area contributed by atoms with E-state index in [1.165, 1.54) is 0 Å². The van der Waals surface area contributed by atoms with E-state index in [0.717, 1.165) is 17.1 Å². The zero-order chi connectivity index (χ0) is 11.5. The average Bonchev–Trinajstić information content (AvgIpc) is 2.61. The fourth-order valence-corrected chi connectivity index (χ4v) is 1.93. The molecule has 0 spiro atoms. The van der Waals surface area contributed by atoms with Crippen LogP contribution >= 0.6 is 0 Å². The molecule has 2 aromatic rings. The quantitative estimate of drug-likeness (QED) is 0.839. The second-order valence-corrected chi connectivity index (χ2v) is 3.88. The molecule has 0 aromatic carbocycles. The minimum absolute atomic E-state index is 0.118. The normalized spacial score (nSPS) is 12.7. The van der Waals surface area contributed by atoms with Gasteiger partial charge in [-0.15, -0.1) is 0 Å².